The van der Waals surface area contributed by atoms with Crippen LogP contribution in [0.2, 0.25) is 0 Å². The van der Waals surface area contributed by atoms with Gasteiger partial charge in [0.25, 0.3) is 0 Å². The number of hydrogen-bond acceptors (Lipinski definition) is 5. The quantitative estimate of drug-likeness (QED) is 0.670. The Labute approximate surface area is 116 Å². The van der Waals surface area contributed by atoms with Gasteiger partial charge in [-0.15, -0.1) is 24.1 Å². The molecule has 1 aromatic heterocycles. The van der Waals surface area contributed by atoms with Crippen molar-refractivity contribution in [1.29, 1.82) is 0 Å². The zero-order chi connectivity index (χ0) is 13.7. The summed E-state index contributed by atoms with van der Waals surface area (Å²) in [6.45, 7) is 2.06. The molecule has 0 fully saturated rings. The molecule has 2 aromatic rings. The molecule has 0 aliphatic rings. The van der Waals surface area contributed by atoms with Crippen molar-refractivity contribution in [2.75, 3.05) is 0 Å². The largest absolute Gasteiger partial charge is 0.338 e. The summed E-state index contributed by atoms with van der Waals surface area (Å²) in [5, 5.41) is 3.90. The van der Waals surface area contributed by atoms with Gasteiger partial charge in [0.15, 0.2) is 5.82 Å². The maximum atomic E-state index is 5.80. The summed E-state index contributed by atoms with van der Waals surface area (Å²) in [7, 11) is 0. The monoisotopic (exact) mass is 273 g/mol. The van der Waals surface area contributed by atoms with E-state index in [9.17, 15) is 0 Å². The molecule has 0 saturated carbocycles. The Bertz CT molecular complexity index is 571. The summed E-state index contributed by atoms with van der Waals surface area (Å²) in [6, 6.07) is 7.92. The van der Waals surface area contributed by atoms with Crippen molar-refractivity contribution >= 4 is 11.8 Å². The molecule has 1 heterocycles. The van der Waals surface area contributed by atoms with E-state index in [0.717, 1.165) is 0 Å². The van der Waals surface area contributed by atoms with Crippen LogP contribution < -0.4 is 5.73 Å². The lowest BCUT2D eigenvalue weighted by Crippen LogP contribution is -2.09. The minimum Gasteiger partial charge on any atom is -0.338 e. The standard InChI is InChI=1S/C14H15N3OS/c1-3-4-12(15)14-16-13(17-18-14)9-19-11-7-5-10(2)6-8-11/h1,5-8,12H,4,9,15H2,2H3. The smallest absolute Gasteiger partial charge is 0.244 e. The van der Waals surface area contributed by atoms with Gasteiger partial charge in [-0.3, -0.25) is 0 Å². The third-order valence-electron chi connectivity index (χ3n) is 2.53. The number of terminal acetylenes is 1. The van der Waals surface area contributed by atoms with Gasteiger partial charge < -0.3 is 10.3 Å². The first-order valence-electron chi connectivity index (χ1n) is 5.90. The Hall–Kier alpha value is -1.77. The third kappa shape index (κ3) is 3.85. The second kappa shape index (κ2) is 6.41. The summed E-state index contributed by atoms with van der Waals surface area (Å²) in [4.78, 5) is 5.41. The lowest BCUT2D eigenvalue weighted by atomic mass is 10.2. The predicted octanol–water partition coefficient (Wildman–Crippen LogP) is 2.69. The molecule has 0 saturated heterocycles. The molecular weight excluding hydrogens is 258 g/mol. The van der Waals surface area contributed by atoms with Crippen LogP contribution in [0.3, 0.4) is 0 Å². The van der Waals surface area contributed by atoms with E-state index in [1.165, 1.54) is 10.5 Å². The van der Waals surface area contributed by atoms with E-state index in [4.69, 9.17) is 16.7 Å². The van der Waals surface area contributed by atoms with Gasteiger partial charge in [0, 0.05) is 11.3 Å². The highest BCUT2D eigenvalue weighted by atomic mass is 32.2. The van der Waals surface area contributed by atoms with Crippen LogP contribution in [0, 0.1) is 19.3 Å². The zero-order valence-electron chi connectivity index (χ0n) is 10.7. The van der Waals surface area contributed by atoms with Crippen LogP contribution in [-0.2, 0) is 5.75 Å². The number of thioether (sulfide) groups is 1. The van der Waals surface area contributed by atoms with Crippen molar-refractivity contribution in [1.82, 2.24) is 10.1 Å². The average Bonchev–Trinajstić information content (AvgIpc) is 2.87. The molecule has 5 heteroatoms. The lowest BCUT2D eigenvalue weighted by Gasteiger charge is -1.99. The van der Waals surface area contributed by atoms with Gasteiger partial charge in [-0.2, -0.15) is 4.98 Å². The topological polar surface area (TPSA) is 64.9 Å². The van der Waals surface area contributed by atoms with Crippen molar-refractivity contribution in [3.8, 4) is 12.3 Å². The maximum Gasteiger partial charge on any atom is 0.244 e. The van der Waals surface area contributed by atoms with Crippen molar-refractivity contribution in [2.24, 2.45) is 5.73 Å². The van der Waals surface area contributed by atoms with E-state index in [1.807, 2.05) is 0 Å². The highest BCUT2D eigenvalue weighted by molar-refractivity contribution is 7.98. The van der Waals surface area contributed by atoms with Crippen LogP contribution in [0.1, 0.15) is 29.7 Å². The van der Waals surface area contributed by atoms with Crippen molar-refractivity contribution < 1.29 is 4.52 Å². The minimum absolute atomic E-state index is 0.379. The molecule has 0 aliphatic carbocycles. The maximum absolute atomic E-state index is 5.80. The number of rotatable bonds is 5. The van der Waals surface area contributed by atoms with Crippen LogP contribution in [0.5, 0.6) is 0 Å². The number of nitrogens with zero attached hydrogens (tertiary/aromatic N) is 2. The summed E-state index contributed by atoms with van der Waals surface area (Å²) in [5.74, 6) is 4.16. The molecule has 4 nitrogen and oxygen atoms in total. The van der Waals surface area contributed by atoms with E-state index >= 15 is 0 Å². The third-order valence-corrected chi connectivity index (χ3v) is 3.54. The van der Waals surface area contributed by atoms with E-state index < -0.39 is 0 Å². The molecule has 98 valence electrons. The molecule has 0 amide bonds. The molecule has 0 aliphatic heterocycles. The minimum atomic E-state index is -0.379. The Kier molecular flexibility index (Phi) is 4.61. The van der Waals surface area contributed by atoms with Crippen LogP contribution in [0.25, 0.3) is 0 Å². The number of hydrogen-bond donors (Lipinski definition) is 1. The Morgan fingerprint density at radius 2 is 2.16 bits per heavy atom. The van der Waals surface area contributed by atoms with Crippen molar-refractivity contribution in [3.05, 3.63) is 41.5 Å². The van der Waals surface area contributed by atoms with Crippen LogP contribution >= 0.6 is 11.8 Å². The van der Waals surface area contributed by atoms with Crippen LogP contribution in [0.15, 0.2) is 33.7 Å². The Balaban J connectivity index is 1.93. The van der Waals surface area contributed by atoms with Gasteiger partial charge in [0.2, 0.25) is 5.89 Å². The van der Waals surface area contributed by atoms with Crippen LogP contribution in [-0.4, -0.2) is 10.1 Å². The molecule has 0 spiro atoms. The number of aryl methyl sites for hydroxylation is 1. The van der Waals surface area contributed by atoms with Crippen molar-refractivity contribution in [3.63, 3.8) is 0 Å². The highest BCUT2D eigenvalue weighted by Gasteiger charge is 2.13. The fourth-order valence-electron chi connectivity index (χ4n) is 1.47. The second-order valence-electron chi connectivity index (χ2n) is 4.17. The average molecular weight is 273 g/mol. The number of benzene rings is 1. The Morgan fingerprint density at radius 1 is 1.42 bits per heavy atom. The fraction of sp³-hybridized carbons (Fsp3) is 0.286. The van der Waals surface area contributed by atoms with E-state index in [-0.39, 0.29) is 6.04 Å². The zero-order valence-corrected chi connectivity index (χ0v) is 11.5. The first-order valence-corrected chi connectivity index (χ1v) is 6.88. The second-order valence-corrected chi connectivity index (χ2v) is 5.21. The Morgan fingerprint density at radius 3 is 2.84 bits per heavy atom. The molecule has 1 unspecified atom stereocenters. The molecule has 0 radical (unpaired) electrons. The predicted molar refractivity (Wildman–Crippen MR) is 75.4 cm³/mol. The highest BCUT2D eigenvalue weighted by Crippen LogP contribution is 2.22. The number of aromatic nitrogens is 2. The van der Waals surface area contributed by atoms with Gasteiger partial charge in [0.1, 0.15) is 0 Å². The molecular formula is C14H15N3OS. The summed E-state index contributed by atoms with van der Waals surface area (Å²) < 4.78 is 5.09. The van der Waals surface area contributed by atoms with E-state index in [0.29, 0.717) is 23.9 Å². The summed E-state index contributed by atoms with van der Waals surface area (Å²) in [6.07, 6.45) is 5.59. The lowest BCUT2D eigenvalue weighted by molar-refractivity contribution is 0.353. The van der Waals surface area contributed by atoms with Gasteiger partial charge in [0.05, 0.1) is 11.8 Å². The van der Waals surface area contributed by atoms with Gasteiger partial charge in [-0.05, 0) is 19.1 Å². The SMILES string of the molecule is C#CCC(N)c1nc(CSc2ccc(C)cc2)no1. The molecule has 2 rings (SSSR count). The summed E-state index contributed by atoms with van der Waals surface area (Å²) >= 11 is 1.65. The van der Waals surface area contributed by atoms with Gasteiger partial charge in [-0.1, -0.05) is 22.9 Å². The molecule has 2 N–H and O–H groups in total. The first-order chi connectivity index (χ1) is 9.19. The molecule has 1 atom stereocenters. The summed E-state index contributed by atoms with van der Waals surface area (Å²) in [5.41, 5.74) is 7.04. The van der Waals surface area contributed by atoms with E-state index in [2.05, 4.69) is 47.3 Å². The molecule has 0 bridgehead atoms. The fourth-order valence-corrected chi connectivity index (χ4v) is 2.21. The van der Waals surface area contributed by atoms with E-state index in [1.54, 1.807) is 11.8 Å². The molecule has 1 aromatic carbocycles. The normalized spacial score (nSPS) is 12.1. The van der Waals surface area contributed by atoms with Crippen LogP contribution in [0.4, 0.5) is 0 Å². The first kappa shape index (κ1) is 13.7. The van der Waals surface area contributed by atoms with Crippen molar-refractivity contribution in [2.45, 2.75) is 30.0 Å². The molecule has 19 heavy (non-hydrogen) atoms. The van der Waals surface area contributed by atoms with Gasteiger partial charge >= 0.3 is 0 Å². The van der Waals surface area contributed by atoms with Gasteiger partial charge in [-0.25, -0.2) is 0 Å². The number of nitrogens with two attached hydrogens (primary N) is 1.